The number of halogens is 3. The molecule has 1 N–H and O–H groups in total. The number of ether oxygens (including phenoxy) is 5. The molecule has 1 aromatic heterocycles. The maximum Gasteiger partial charge on any atom is 0.534 e. The first-order chi connectivity index (χ1) is 19.8. The van der Waals surface area contributed by atoms with Crippen molar-refractivity contribution in [1.29, 1.82) is 0 Å². The maximum absolute atomic E-state index is 13.1. The number of amides is 1. The second-order valence-corrected chi connectivity index (χ2v) is 10.3. The van der Waals surface area contributed by atoms with E-state index in [0.717, 1.165) is 33.1 Å². The molecule has 1 aliphatic carbocycles. The van der Waals surface area contributed by atoms with Gasteiger partial charge in [-0.15, -0.1) is 0 Å². The number of aromatic nitrogens is 1. The lowest BCUT2D eigenvalue weighted by Gasteiger charge is -2.18. The van der Waals surface area contributed by atoms with Crippen LogP contribution in [0.25, 0.3) is 11.1 Å². The monoisotopic (exact) mass is 620 g/mol. The zero-order valence-corrected chi connectivity index (χ0v) is 23.4. The van der Waals surface area contributed by atoms with Crippen LogP contribution in [0.1, 0.15) is 44.2 Å². The number of nitrogens with one attached hydrogen (secondary N) is 1. The van der Waals surface area contributed by atoms with Crippen LogP contribution < -0.4 is 14.2 Å². The summed E-state index contributed by atoms with van der Waals surface area (Å²) in [5.74, 6) is -4.02. The number of carbonyl (C=O) groups is 3. The van der Waals surface area contributed by atoms with Gasteiger partial charge < -0.3 is 33.2 Å². The third-order valence-electron chi connectivity index (χ3n) is 5.76. The molecule has 1 amide bonds. The van der Waals surface area contributed by atoms with Gasteiger partial charge in [-0.2, -0.15) is 21.6 Å². The molecule has 1 heterocycles. The summed E-state index contributed by atoms with van der Waals surface area (Å²) >= 11 is 0. The molecule has 42 heavy (non-hydrogen) atoms. The quantitative estimate of drug-likeness (QED) is 0.108. The van der Waals surface area contributed by atoms with Crippen molar-refractivity contribution >= 4 is 28.0 Å². The van der Waals surface area contributed by atoms with Crippen molar-refractivity contribution < 1.29 is 63.8 Å². The van der Waals surface area contributed by atoms with Crippen molar-refractivity contribution in [2.75, 3.05) is 47.9 Å². The van der Waals surface area contributed by atoms with E-state index in [9.17, 15) is 36.0 Å². The Balaban J connectivity index is 2.13. The average Bonchev–Trinajstić information content (AvgIpc) is 3.78. The molecule has 0 unspecified atom stereocenters. The molecule has 1 fully saturated rings. The molecule has 0 spiro atoms. The standard InChI is InChI=1S/C25H27F3N2O11S/c1-36-8-9-39-13-40-23(32)17-11-20(41-42(34,35)25(26,27)28)19(37-2)10-16(17)15-6-7-18(30-21(15)24(33)38-3)22(31)29-12-14-4-5-14/h6-7,10-11,14H,4-5,8-9,12-13H2,1-3H3,(H,29,31). The van der Waals surface area contributed by atoms with E-state index in [1.807, 2.05) is 0 Å². The number of pyridine rings is 1. The molecule has 13 nitrogen and oxygen atoms in total. The fourth-order valence-corrected chi connectivity index (χ4v) is 3.88. The van der Waals surface area contributed by atoms with Crippen molar-refractivity contribution in [2.24, 2.45) is 5.92 Å². The largest absolute Gasteiger partial charge is 0.534 e. The van der Waals surface area contributed by atoms with Gasteiger partial charge in [0, 0.05) is 30.8 Å². The predicted octanol–water partition coefficient (Wildman–Crippen LogP) is 2.69. The molecule has 1 saturated carbocycles. The molecule has 1 aliphatic rings. The number of benzene rings is 1. The van der Waals surface area contributed by atoms with Crippen LogP contribution in [0.5, 0.6) is 11.5 Å². The summed E-state index contributed by atoms with van der Waals surface area (Å²) in [5.41, 5.74) is -7.29. The Morgan fingerprint density at radius 2 is 1.71 bits per heavy atom. The van der Waals surface area contributed by atoms with E-state index in [2.05, 4.69) is 14.5 Å². The lowest BCUT2D eigenvalue weighted by atomic mass is 9.96. The number of rotatable bonds is 14. The molecular formula is C25H27F3N2O11S. The van der Waals surface area contributed by atoms with Crippen LogP contribution in [0.3, 0.4) is 0 Å². The fourth-order valence-electron chi connectivity index (χ4n) is 3.42. The van der Waals surface area contributed by atoms with E-state index < -0.39 is 63.0 Å². The summed E-state index contributed by atoms with van der Waals surface area (Å²) in [4.78, 5) is 42.5. The molecule has 0 bridgehead atoms. The second kappa shape index (κ2) is 13.8. The van der Waals surface area contributed by atoms with Gasteiger partial charge in [-0.1, -0.05) is 0 Å². The van der Waals surface area contributed by atoms with E-state index in [0.29, 0.717) is 18.5 Å². The molecule has 0 radical (unpaired) electrons. The molecule has 0 aliphatic heterocycles. The summed E-state index contributed by atoms with van der Waals surface area (Å²) in [6.07, 6.45) is 1.95. The van der Waals surface area contributed by atoms with Gasteiger partial charge in [0.2, 0.25) is 0 Å². The van der Waals surface area contributed by atoms with E-state index in [4.69, 9.17) is 23.7 Å². The molecule has 3 rings (SSSR count). The van der Waals surface area contributed by atoms with E-state index in [1.54, 1.807) is 0 Å². The van der Waals surface area contributed by atoms with Crippen LogP contribution in [0.2, 0.25) is 0 Å². The third-order valence-corrected chi connectivity index (χ3v) is 6.72. The zero-order chi connectivity index (χ0) is 31.1. The highest BCUT2D eigenvalue weighted by Gasteiger charge is 2.49. The number of methoxy groups -OCH3 is 3. The first kappa shape index (κ1) is 32.6. The number of carbonyl (C=O) groups excluding carboxylic acids is 3. The van der Waals surface area contributed by atoms with Crippen LogP contribution in [0.15, 0.2) is 24.3 Å². The lowest BCUT2D eigenvalue weighted by Crippen LogP contribution is -2.28. The van der Waals surface area contributed by atoms with Gasteiger partial charge in [-0.25, -0.2) is 14.6 Å². The molecule has 0 saturated heterocycles. The number of alkyl halides is 3. The van der Waals surface area contributed by atoms with Gasteiger partial charge in [-0.05, 0) is 37.0 Å². The Morgan fingerprint density at radius 1 is 1.00 bits per heavy atom. The SMILES string of the molecule is COCCOCOC(=O)c1cc(OS(=O)(=O)C(F)(F)F)c(OC)cc1-c1ccc(C(=O)NCC2CC2)nc1C(=O)OC. The van der Waals surface area contributed by atoms with E-state index in [1.165, 1.54) is 19.2 Å². The van der Waals surface area contributed by atoms with Crippen LogP contribution in [0, 0.1) is 5.92 Å². The van der Waals surface area contributed by atoms with Crippen LogP contribution in [0.4, 0.5) is 13.2 Å². The van der Waals surface area contributed by atoms with E-state index >= 15 is 0 Å². The van der Waals surface area contributed by atoms with Crippen molar-refractivity contribution in [3.05, 3.63) is 41.2 Å². The maximum atomic E-state index is 13.1. The van der Waals surface area contributed by atoms with Gasteiger partial charge in [0.1, 0.15) is 5.69 Å². The van der Waals surface area contributed by atoms with Crippen molar-refractivity contribution in [2.45, 2.75) is 18.3 Å². The number of esters is 2. The van der Waals surface area contributed by atoms with Gasteiger partial charge in [0.15, 0.2) is 24.0 Å². The predicted molar refractivity (Wildman–Crippen MR) is 136 cm³/mol. The van der Waals surface area contributed by atoms with Gasteiger partial charge >= 0.3 is 27.6 Å². The Bertz CT molecular complexity index is 1430. The van der Waals surface area contributed by atoms with Gasteiger partial charge in [0.25, 0.3) is 5.91 Å². The molecule has 17 heteroatoms. The van der Waals surface area contributed by atoms with Crippen molar-refractivity contribution in [3.63, 3.8) is 0 Å². The minimum atomic E-state index is -6.18. The summed E-state index contributed by atoms with van der Waals surface area (Å²) in [6, 6.07) is 4.07. The lowest BCUT2D eigenvalue weighted by molar-refractivity contribution is -0.0500. The number of hydrogen-bond acceptors (Lipinski definition) is 12. The molecule has 230 valence electrons. The highest BCUT2D eigenvalue weighted by Crippen LogP contribution is 2.40. The first-order valence-corrected chi connectivity index (χ1v) is 13.6. The zero-order valence-electron chi connectivity index (χ0n) is 22.6. The Hall–Kier alpha value is -3.96. The summed E-state index contributed by atoms with van der Waals surface area (Å²) < 4.78 is 91.5. The highest BCUT2D eigenvalue weighted by molar-refractivity contribution is 7.88. The molecule has 0 atom stereocenters. The Kier molecular flexibility index (Phi) is 10.7. The van der Waals surface area contributed by atoms with E-state index in [-0.39, 0.29) is 30.0 Å². The highest BCUT2D eigenvalue weighted by atomic mass is 32.2. The topological polar surface area (TPSA) is 166 Å². The molecule has 2 aromatic rings. The van der Waals surface area contributed by atoms with Crippen LogP contribution >= 0.6 is 0 Å². The normalized spacial score (nSPS) is 13.3. The first-order valence-electron chi connectivity index (χ1n) is 12.2. The minimum absolute atomic E-state index is 0.0259. The Labute approximate surface area is 238 Å². The van der Waals surface area contributed by atoms with Gasteiger partial charge in [0.05, 0.1) is 33.0 Å². The fraction of sp³-hybridized carbons (Fsp3) is 0.440. The summed E-state index contributed by atoms with van der Waals surface area (Å²) in [5, 5.41) is 2.70. The van der Waals surface area contributed by atoms with Crippen molar-refractivity contribution in [1.82, 2.24) is 10.3 Å². The second-order valence-electron chi connectivity index (χ2n) is 8.72. The van der Waals surface area contributed by atoms with Crippen molar-refractivity contribution in [3.8, 4) is 22.6 Å². The summed E-state index contributed by atoms with van der Waals surface area (Å²) in [6.45, 7) is -0.0177. The number of nitrogens with zero attached hydrogens (tertiary/aromatic N) is 1. The van der Waals surface area contributed by atoms with Crippen LogP contribution in [-0.2, 0) is 29.1 Å². The minimum Gasteiger partial charge on any atom is -0.493 e. The smallest absolute Gasteiger partial charge is 0.493 e. The Morgan fingerprint density at radius 3 is 2.31 bits per heavy atom. The third kappa shape index (κ3) is 8.07. The molecular weight excluding hydrogens is 593 g/mol. The average molecular weight is 621 g/mol. The van der Waals surface area contributed by atoms with Crippen LogP contribution in [-0.4, -0.2) is 84.6 Å². The summed E-state index contributed by atoms with van der Waals surface area (Å²) in [7, 11) is -2.73. The number of hydrogen-bond donors (Lipinski definition) is 1. The van der Waals surface area contributed by atoms with Gasteiger partial charge in [-0.3, -0.25) is 4.79 Å². The molecule has 1 aromatic carbocycles.